The molecule has 186 valence electrons. The Morgan fingerprint density at radius 1 is 1.09 bits per heavy atom. The van der Waals surface area contributed by atoms with Gasteiger partial charge in [0.2, 0.25) is 0 Å². The fraction of sp³-hybridized carbons (Fsp3) is 0.375. The Bertz CT molecular complexity index is 1110. The van der Waals surface area contributed by atoms with Crippen molar-refractivity contribution in [1.29, 1.82) is 0 Å². The van der Waals surface area contributed by atoms with Gasteiger partial charge >= 0.3 is 12.1 Å². The van der Waals surface area contributed by atoms with E-state index < -0.39 is 12.1 Å². The molecule has 0 saturated carbocycles. The van der Waals surface area contributed by atoms with Gasteiger partial charge in [-0.2, -0.15) is 0 Å². The Balaban J connectivity index is 1.70. The SMILES string of the molecule is CCCCOC(=O)N(c1cccc(NC(=O)Nc2csc(-c3ccncc3)n2)n1)C(C)CN(C)C. The Morgan fingerprint density at radius 3 is 2.54 bits per heavy atom. The Kier molecular flexibility index (Phi) is 9.50. The molecule has 3 amide bonds. The molecule has 11 heteroatoms. The van der Waals surface area contributed by atoms with Crippen molar-refractivity contribution < 1.29 is 14.3 Å². The molecule has 3 heterocycles. The maximum atomic E-state index is 12.9. The zero-order chi connectivity index (χ0) is 25.2. The molecule has 3 aromatic rings. The minimum Gasteiger partial charge on any atom is -0.449 e. The maximum absolute atomic E-state index is 12.9. The van der Waals surface area contributed by atoms with Crippen LogP contribution in [0.5, 0.6) is 0 Å². The quantitative estimate of drug-likeness (QED) is 0.382. The summed E-state index contributed by atoms with van der Waals surface area (Å²) in [5.74, 6) is 1.12. The van der Waals surface area contributed by atoms with Gasteiger partial charge in [0.25, 0.3) is 0 Å². The molecule has 0 fully saturated rings. The summed E-state index contributed by atoms with van der Waals surface area (Å²) in [5.41, 5.74) is 0.922. The van der Waals surface area contributed by atoms with E-state index >= 15 is 0 Å². The minimum atomic E-state index is -0.486. The van der Waals surface area contributed by atoms with Crippen LogP contribution in [-0.2, 0) is 4.74 Å². The number of rotatable bonds is 10. The van der Waals surface area contributed by atoms with E-state index in [2.05, 4.69) is 25.6 Å². The molecule has 1 atom stereocenters. The van der Waals surface area contributed by atoms with Crippen LogP contribution in [0.1, 0.15) is 26.7 Å². The lowest BCUT2D eigenvalue weighted by molar-refractivity contribution is 0.148. The Morgan fingerprint density at radius 2 is 1.83 bits per heavy atom. The molecule has 1 unspecified atom stereocenters. The Hall–Kier alpha value is -3.57. The molecule has 3 rings (SSSR count). The normalized spacial score (nSPS) is 11.7. The second kappa shape index (κ2) is 12.8. The average molecular weight is 498 g/mol. The molecule has 0 aliphatic rings. The predicted octanol–water partition coefficient (Wildman–Crippen LogP) is 4.94. The number of ether oxygens (including phenoxy) is 1. The summed E-state index contributed by atoms with van der Waals surface area (Å²) in [6.07, 6.45) is 4.63. The highest BCUT2D eigenvalue weighted by Crippen LogP contribution is 2.25. The number of aromatic nitrogens is 3. The molecule has 0 aliphatic carbocycles. The van der Waals surface area contributed by atoms with Crippen LogP contribution >= 0.6 is 11.3 Å². The lowest BCUT2D eigenvalue weighted by Crippen LogP contribution is -2.45. The lowest BCUT2D eigenvalue weighted by Gasteiger charge is -2.29. The first-order valence-electron chi connectivity index (χ1n) is 11.4. The summed E-state index contributed by atoms with van der Waals surface area (Å²) in [4.78, 5) is 41.9. The number of hydrogen-bond acceptors (Lipinski definition) is 8. The zero-order valence-corrected chi connectivity index (χ0v) is 21.2. The van der Waals surface area contributed by atoms with E-state index in [0.29, 0.717) is 30.6 Å². The van der Waals surface area contributed by atoms with Gasteiger partial charge in [-0.05, 0) is 51.7 Å². The van der Waals surface area contributed by atoms with Gasteiger partial charge in [-0.1, -0.05) is 19.4 Å². The van der Waals surface area contributed by atoms with E-state index in [1.54, 1.807) is 36.0 Å². The average Bonchev–Trinajstić information content (AvgIpc) is 3.28. The highest BCUT2D eigenvalue weighted by Gasteiger charge is 2.25. The van der Waals surface area contributed by atoms with Crippen LogP contribution in [0.2, 0.25) is 0 Å². The minimum absolute atomic E-state index is 0.197. The van der Waals surface area contributed by atoms with Crippen molar-refractivity contribution in [2.75, 3.05) is 42.8 Å². The molecule has 0 bridgehead atoms. The first kappa shape index (κ1) is 26.0. The number of nitrogens with zero attached hydrogens (tertiary/aromatic N) is 5. The number of pyridine rings is 2. The number of unbranched alkanes of at least 4 members (excludes halogenated alkanes) is 1. The zero-order valence-electron chi connectivity index (χ0n) is 20.4. The second-order valence-corrected chi connectivity index (χ2v) is 9.04. The smallest absolute Gasteiger partial charge is 0.415 e. The Labute approximate surface area is 209 Å². The van der Waals surface area contributed by atoms with Crippen molar-refractivity contribution in [1.82, 2.24) is 19.9 Å². The molecule has 0 radical (unpaired) electrons. The molecule has 2 N–H and O–H groups in total. The van der Waals surface area contributed by atoms with E-state index in [1.165, 1.54) is 16.2 Å². The van der Waals surface area contributed by atoms with Crippen molar-refractivity contribution in [3.05, 3.63) is 48.1 Å². The molecule has 0 aliphatic heterocycles. The van der Waals surface area contributed by atoms with Crippen LogP contribution in [0.25, 0.3) is 10.6 Å². The van der Waals surface area contributed by atoms with Gasteiger partial charge in [-0.3, -0.25) is 20.5 Å². The van der Waals surface area contributed by atoms with Crippen molar-refractivity contribution in [2.45, 2.75) is 32.7 Å². The molecule has 0 aromatic carbocycles. The number of anilines is 3. The first-order chi connectivity index (χ1) is 16.9. The van der Waals surface area contributed by atoms with Gasteiger partial charge in [-0.15, -0.1) is 11.3 Å². The van der Waals surface area contributed by atoms with Crippen LogP contribution in [0.4, 0.5) is 27.0 Å². The van der Waals surface area contributed by atoms with Gasteiger partial charge in [0, 0.05) is 29.9 Å². The van der Waals surface area contributed by atoms with Crippen molar-refractivity contribution in [3.63, 3.8) is 0 Å². The van der Waals surface area contributed by atoms with Gasteiger partial charge in [0.15, 0.2) is 0 Å². The standard InChI is InChI=1S/C24H31N7O3S/c1-5-6-14-34-24(33)31(17(2)15-30(3)4)21-9-7-8-19(26-21)28-23(32)29-20-16-35-22(27-20)18-10-12-25-13-11-18/h7-13,16-17H,5-6,14-15H2,1-4H3,(H2,26,28,29,32). The third kappa shape index (κ3) is 7.72. The fourth-order valence-electron chi connectivity index (χ4n) is 3.33. The summed E-state index contributed by atoms with van der Waals surface area (Å²) in [5, 5.41) is 7.96. The number of amides is 3. The first-order valence-corrected chi connectivity index (χ1v) is 12.3. The van der Waals surface area contributed by atoms with E-state index in [-0.39, 0.29) is 6.04 Å². The fourth-order valence-corrected chi connectivity index (χ4v) is 4.09. The summed E-state index contributed by atoms with van der Waals surface area (Å²) < 4.78 is 5.46. The number of hydrogen-bond donors (Lipinski definition) is 2. The third-order valence-electron chi connectivity index (χ3n) is 4.89. The summed E-state index contributed by atoms with van der Waals surface area (Å²) in [7, 11) is 3.87. The molecule has 10 nitrogen and oxygen atoms in total. The van der Waals surface area contributed by atoms with Crippen LogP contribution < -0.4 is 15.5 Å². The summed E-state index contributed by atoms with van der Waals surface area (Å²) in [6, 6.07) is 8.14. The molecule has 35 heavy (non-hydrogen) atoms. The van der Waals surface area contributed by atoms with Gasteiger partial charge in [0.1, 0.15) is 22.5 Å². The summed E-state index contributed by atoms with van der Waals surface area (Å²) >= 11 is 1.42. The number of carbonyl (C=O) groups excluding carboxylic acids is 2. The van der Waals surface area contributed by atoms with Crippen molar-refractivity contribution >= 4 is 40.9 Å². The van der Waals surface area contributed by atoms with Crippen LogP contribution in [-0.4, -0.2) is 65.3 Å². The van der Waals surface area contributed by atoms with E-state index in [0.717, 1.165) is 23.4 Å². The highest BCUT2D eigenvalue weighted by molar-refractivity contribution is 7.13. The third-order valence-corrected chi connectivity index (χ3v) is 5.78. The maximum Gasteiger partial charge on any atom is 0.415 e. The predicted molar refractivity (Wildman–Crippen MR) is 139 cm³/mol. The second-order valence-electron chi connectivity index (χ2n) is 8.18. The molecular formula is C24H31N7O3S. The van der Waals surface area contributed by atoms with Crippen molar-refractivity contribution in [2.24, 2.45) is 0 Å². The van der Waals surface area contributed by atoms with E-state index in [4.69, 9.17) is 4.74 Å². The molecule has 3 aromatic heterocycles. The van der Waals surface area contributed by atoms with Gasteiger partial charge < -0.3 is 9.64 Å². The van der Waals surface area contributed by atoms with Crippen molar-refractivity contribution in [3.8, 4) is 10.6 Å². The lowest BCUT2D eigenvalue weighted by atomic mass is 10.2. The van der Waals surface area contributed by atoms with Gasteiger partial charge in [0.05, 0.1) is 12.6 Å². The summed E-state index contributed by atoms with van der Waals surface area (Å²) in [6.45, 7) is 4.92. The van der Waals surface area contributed by atoms with E-state index in [9.17, 15) is 9.59 Å². The van der Waals surface area contributed by atoms with Crippen LogP contribution in [0, 0.1) is 0 Å². The number of likely N-dealkylation sites (N-methyl/N-ethyl adjacent to an activating group) is 1. The van der Waals surface area contributed by atoms with E-state index in [1.807, 2.05) is 45.0 Å². The van der Waals surface area contributed by atoms with Crippen LogP contribution in [0.15, 0.2) is 48.1 Å². The highest BCUT2D eigenvalue weighted by atomic mass is 32.1. The number of thiazole rings is 1. The number of urea groups is 1. The molecule has 0 spiro atoms. The largest absolute Gasteiger partial charge is 0.449 e. The molecule has 0 saturated heterocycles. The van der Waals surface area contributed by atoms with Gasteiger partial charge in [-0.25, -0.2) is 19.6 Å². The number of carbonyl (C=O) groups is 2. The van der Waals surface area contributed by atoms with Crippen LogP contribution in [0.3, 0.4) is 0 Å². The topological polar surface area (TPSA) is 113 Å². The monoisotopic (exact) mass is 497 g/mol. The number of nitrogens with one attached hydrogen (secondary N) is 2. The molecular weight excluding hydrogens is 466 g/mol.